The number of hydrogen-bond acceptors (Lipinski definition) is 4. The van der Waals surface area contributed by atoms with Crippen LogP contribution < -0.4 is 5.32 Å². The van der Waals surface area contributed by atoms with Crippen LogP contribution in [0.25, 0.3) is 11.1 Å². The van der Waals surface area contributed by atoms with E-state index in [9.17, 15) is 9.59 Å². The van der Waals surface area contributed by atoms with Crippen molar-refractivity contribution in [3.63, 3.8) is 0 Å². The lowest BCUT2D eigenvalue weighted by atomic mass is 9.73. The molecule has 0 spiro atoms. The monoisotopic (exact) mass is 449 g/mol. The second kappa shape index (κ2) is 10.5. The first-order chi connectivity index (χ1) is 16.0. The van der Waals surface area contributed by atoms with Crippen molar-refractivity contribution in [3.8, 4) is 11.1 Å². The van der Waals surface area contributed by atoms with E-state index in [-0.39, 0.29) is 24.0 Å². The zero-order valence-corrected chi connectivity index (χ0v) is 19.8. The molecule has 176 valence electrons. The van der Waals surface area contributed by atoms with Gasteiger partial charge >= 0.3 is 0 Å². The van der Waals surface area contributed by atoms with Crippen molar-refractivity contribution in [2.75, 3.05) is 19.7 Å². The van der Waals surface area contributed by atoms with Crippen LogP contribution in [0, 0.1) is 5.41 Å². The van der Waals surface area contributed by atoms with Gasteiger partial charge in [-0.25, -0.2) is 0 Å². The van der Waals surface area contributed by atoms with Crippen molar-refractivity contribution < 1.29 is 14.3 Å². The molecule has 3 heterocycles. The molecule has 0 unspecified atom stereocenters. The van der Waals surface area contributed by atoms with Gasteiger partial charge in [0.1, 0.15) is 6.10 Å². The number of carbonyl (C=O) groups excluding carboxylic acids is 2. The third-order valence-corrected chi connectivity index (χ3v) is 6.78. The minimum Gasteiger partial charge on any atom is -0.368 e. The number of likely N-dealkylation sites (tertiary alicyclic amines) is 1. The van der Waals surface area contributed by atoms with Gasteiger partial charge in [-0.1, -0.05) is 24.3 Å². The summed E-state index contributed by atoms with van der Waals surface area (Å²) < 4.78 is 5.78. The molecule has 1 aromatic carbocycles. The molecular formula is C27H35N3O3. The van der Waals surface area contributed by atoms with Crippen LogP contribution in [0.2, 0.25) is 0 Å². The second-order valence-corrected chi connectivity index (χ2v) is 9.70. The fraction of sp³-hybridized carbons (Fsp3) is 0.519. The Kier molecular flexibility index (Phi) is 7.43. The average Bonchev–Trinajstić information content (AvgIpc) is 2.85. The molecule has 1 aromatic heterocycles. The van der Waals surface area contributed by atoms with Crippen LogP contribution in [0.1, 0.15) is 51.5 Å². The summed E-state index contributed by atoms with van der Waals surface area (Å²) in [5, 5.41) is 3.15. The van der Waals surface area contributed by atoms with E-state index in [0.29, 0.717) is 26.1 Å². The molecule has 6 heteroatoms. The second-order valence-electron chi connectivity index (χ2n) is 9.70. The predicted molar refractivity (Wildman–Crippen MR) is 128 cm³/mol. The number of aromatic nitrogens is 1. The summed E-state index contributed by atoms with van der Waals surface area (Å²) in [6.07, 6.45) is 8.15. The number of ether oxygens (including phenoxy) is 1. The van der Waals surface area contributed by atoms with E-state index in [1.165, 1.54) is 0 Å². The number of pyridine rings is 1. The standard InChI is InChI=1S/C27H35N3O3/c1-20(2)29-26(32)27(13-7-16-30(19-27)25(31)24-10-5-6-17-33-24)18-22-8-3-4-9-23(22)21-11-14-28-15-12-21/h3-4,8-9,11-12,14-15,20,24H,5-7,10,13,16-19H2,1-2H3,(H,29,32)/t24-,27-/m1/s1. The highest BCUT2D eigenvalue weighted by atomic mass is 16.5. The van der Waals surface area contributed by atoms with Crippen LogP contribution in [-0.4, -0.2) is 53.5 Å². The minimum atomic E-state index is -0.671. The van der Waals surface area contributed by atoms with E-state index < -0.39 is 5.41 Å². The molecule has 0 aliphatic carbocycles. The Morgan fingerprint density at radius 1 is 1.15 bits per heavy atom. The number of carbonyl (C=O) groups is 2. The van der Waals surface area contributed by atoms with E-state index in [2.05, 4.69) is 22.4 Å². The van der Waals surface area contributed by atoms with Gasteiger partial charge in [-0.2, -0.15) is 0 Å². The van der Waals surface area contributed by atoms with Gasteiger partial charge in [0, 0.05) is 38.1 Å². The normalized spacial score (nSPS) is 23.4. The Labute approximate surface area is 196 Å². The van der Waals surface area contributed by atoms with Crippen LogP contribution in [0.5, 0.6) is 0 Å². The smallest absolute Gasteiger partial charge is 0.251 e. The maximum Gasteiger partial charge on any atom is 0.251 e. The summed E-state index contributed by atoms with van der Waals surface area (Å²) in [6.45, 7) is 5.72. The molecule has 2 saturated heterocycles. The van der Waals surface area contributed by atoms with E-state index in [0.717, 1.165) is 48.8 Å². The number of hydrogen-bond donors (Lipinski definition) is 1. The number of rotatable bonds is 6. The zero-order chi connectivity index (χ0) is 23.3. The molecule has 0 bridgehead atoms. The fourth-order valence-corrected chi connectivity index (χ4v) is 5.14. The van der Waals surface area contributed by atoms with Gasteiger partial charge in [-0.3, -0.25) is 14.6 Å². The molecule has 2 amide bonds. The summed E-state index contributed by atoms with van der Waals surface area (Å²) in [5.74, 6) is 0.0719. The zero-order valence-electron chi connectivity index (χ0n) is 19.8. The van der Waals surface area contributed by atoms with E-state index in [1.54, 1.807) is 12.4 Å². The van der Waals surface area contributed by atoms with Crippen molar-refractivity contribution in [2.24, 2.45) is 5.41 Å². The molecule has 2 aliphatic rings. The Morgan fingerprint density at radius 2 is 1.94 bits per heavy atom. The lowest BCUT2D eigenvalue weighted by molar-refractivity contribution is -0.152. The maximum absolute atomic E-state index is 13.6. The highest BCUT2D eigenvalue weighted by molar-refractivity contribution is 5.86. The summed E-state index contributed by atoms with van der Waals surface area (Å²) in [5.41, 5.74) is 2.64. The molecule has 2 atom stereocenters. The Hall–Kier alpha value is -2.73. The molecule has 4 rings (SSSR count). The van der Waals surface area contributed by atoms with Crippen molar-refractivity contribution >= 4 is 11.8 Å². The highest BCUT2D eigenvalue weighted by Gasteiger charge is 2.45. The van der Waals surface area contributed by atoms with Gasteiger partial charge in [0.15, 0.2) is 0 Å². The molecule has 0 radical (unpaired) electrons. The van der Waals surface area contributed by atoms with Crippen LogP contribution in [-0.2, 0) is 20.7 Å². The van der Waals surface area contributed by atoms with Gasteiger partial charge in [0.05, 0.1) is 5.41 Å². The molecule has 1 N–H and O–H groups in total. The highest BCUT2D eigenvalue weighted by Crippen LogP contribution is 2.38. The number of nitrogens with zero attached hydrogens (tertiary/aromatic N) is 2. The molecule has 0 saturated carbocycles. The maximum atomic E-state index is 13.6. The minimum absolute atomic E-state index is 0.0316. The summed E-state index contributed by atoms with van der Waals surface area (Å²) >= 11 is 0. The van der Waals surface area contributed by atoms with Gasteiger partial charge in [0.25, 0.3) is 5.91 Å². The SMILES string of the molecule is CC(C)NC(=O)[C@@]1(Cc2ccccc2-c2ccncc2)CCCN(C(=O)[C@H]2CCCCO2)C1. The van der Waals surface area contributed by atoms with Crippen molar-refractivity contribution in [3.05, 3.63) is 54.4 Å². The van der Waals surface area contributed by atoms with Crippen LogP contribution in [0.3, 0.4) is 0 Å². The predicted octanol–water partition coefficient (Wildman–Crippen LogP) is 3.99. The Morgan fingerprint density at radius 3 is 2.67 bits per heavy atom. The van der Waals surface area contributed by atoms with Crippen molar-refractivity contribution in [2.45, 2.75) is 64.5 Å². The van der Waals surface area contributed by atoms with Gasteiger partial charge in [-0.15, -0.1) is 0 Å². The van der Waals surface area contributed by atoms with E-state index >= 15 is 0 Å². The largest absolute Gasteiger partial charge is 0.368 e. The number of piperidine rings is 1. The molecule has 2 aliphatic heterocycles. The van der Waals surface area contributed by atoms with E-state index in [1.807, 2.05) is 43.0 Å². The summed E-state index contributed by atoms with van der Waals surface area (Å²) in [4.78, 5) is 33.0. The van der Waals surface area contributed by atoms with Gasteiger partial charge < -0.3 is 15.0 Å². The average molecular weight is 450 g/mol. The Balaban J connectivity index is 1.64. The fourth-order valence-electron chi connectivity index (χ4n) is 5.14. The Bertz CT molecular complexity index is 956. The lowest BCUT2D eigenvalue weighted by Gasteiger charge is -2.43. The van der Waals surface area contributed by atoms with Crippen molar-refractivity contribution in [1.82, 2.24) is 15.2 Å². The number of nitrogens with one attached hydrogen (secondary N) is 1. The van der Waals surface area contributed by atoms with Gasteiger partial charge in [-0.05, 0) is 81.2 Å². The number of benzene rings is 1. The first-order valence-corrected chi connectivity index (χ1v) is 12.2. The lowest BCUT2D eigenvalue weighted by Crippen LogP contribution is -2.57. The van der Waals surface area contributed by atoms with Crippen LogP contribution >= 0.6 is 0 Å². The molecule has 2 fully saturated rings. The third-order valence-electron chi connectivity index (χ3n) is 6.78. The summed E-state index contributed by atoms with van der Waals surface area (Å²) in [7, 11) is 0. The molecule has 6 nitrogen and oxygen atoms in total. The van der Waals surface area contributed by atoms with Crippen LogP contribution in [0.15, 0.2) is 48.8 Å². The van der Waals surface area contributed by atoms with E-state index in [4.69, 9.17) is 4.74 Å². The molecule has 33 heavy (non-hydrogen) atoms. The molecular weight excluding hydrogens is 414 g/mol. The van der Waals surface area contributed by atoms with Crippen molar-refractivity contribution in [1.29, 1.82) is 0 Å². The summed E-state index contributed by atoms with van der Waals surface area (Å²) in [6, 6.07) is 12.3. The quantitative estimate of drug-likeness (QED) is 0.724. The number of amides is 2. The van der Waals surface area contributed by atoms with Crippen LogP contribution in [0.4, 0.5) is 0 Å². The first-order valence-electron chi connectivity index (χ1n) is 12.2. The third kappa shape index (κ3) is 5.44. The van der Waals surface area contributed by atoms with Gasteiger partial charge in [0.2, 0.25) is 5.91 Å². The molecule has 2 aromatic rings. The first kappa shape index (κ1) is 23.4. The topological polar surface area (TPSA) is 71.5 Å².